The topological polar surface area (TPSA) is 95.1 Å². The number of amides is 1. The third-order valence-corrected chi connectivity index (χ3v) is 5.28. The van der Waals surface area contributed by atoms with Gasteiger partial charge in [0, 0.05) is 24.7 Å². The molecule has 0 aliphatic rings. The standard InChI is InChI=1S/C24H41N3O3/c1-2-3-4-5-6-7-8-9-10-11-12-13-14-15-16-17-23(28)27-22(24(29)30)18-21-19-25-20-26-21/h9-10,19-20,22H,2-8,11-18H2,1H3,(H,25,26)(H,27,28)(H,29,30)/b10-9+/t22-/m0/s1. The first-order chi connectivity index (χ1) is 14.6. The van der Waals surface area contributed by atoms with Crippen molar-refractivity contribution in [1.82, 2.24) is 15.3 Å². The van der Waals surface area contributed by atoms with Gasteiger partial charge in [0.2, 0.25) is 5.91 Å². The highest BCUT2D eigenvalue weighted by atomic mass is 16.4. The molecule has 1 aromatic heterocycles. The maximum atomic E-state index is 12.0. The minimum absolute atomic E-state index is 0.195. The zero-order chi connectivity index (χ0) is 21.9. The SMILES string of the molecule is CCCCCCCC/C=C/CCCCCCCC(=O)N[C@@H](Cc1cnc[nH]1)C(=O)O. The fraction of sp³-hybridized carbons (Fsp3) is 0.708. The number of aromatic amines is 1. The van der Waals surface area contributed by atoms with Gasteiger partial charge in [-0.15, -0.1) is 0 Å². The molecule has 1 atom stereocenters. The average molecular weight is 420 g/mol. The van der Waals surface area contributed by atoms with Crippen LogP contribution in [0.15, 0.2) is 24.7 Å². The molecule has 0 saturated carbocycles. The smallest absolute Gasteiger partial charge is 0.326 e. The van der Waals surface area contributed by atoms with Crippen molar-refractivity contribution in [2.75, 3.05) is 0 Å². The van der Waals surface area contributed by atoms with E-state index in [1.54, 1.807) is 6.20 Å². The predicted molar refractivity (Wildman–Crippen MR) is 121 cm³/mol. The highest BCUT2D eigenvalue weighted by Gasteiger charge is 2.20. The van der Waals surface area contributed by atoms with Crippen LogP contribution in [-0.4, -0.2) is 33.0 Å². The van der Waals surface area contributed by atoms with Gasteiger partial charge < -0.3 is 15.4 Å². The molecule has 0 unspecified atom stereocenters. The van der Waals surface area contributed by atoms with Crippen LogP contribution >= 0.6 is 0 Å². The van der Waals surface area contributed by atoms with Crippen molar-refractivity contribution >= 4 is 11.9 Å². The number of allylic oxidation sites excluding steroid dienone is 2. The second kappa shape index (κ2) is 17.7. The Morgan fingerprint density at radius 2 is 1.60 bits per heavy atom. The Morgan fingerprint density at radius 3 is 2.17 bits per heavy atom. The van der Waals surface area contributed by atoms with Crippen LogP contribution in [0, 0.1) is 0 Å². The van der Waals surface area contributed by atoms with Gasteiger partial charge in [-0.05, 0) is 32.1 Å². The lowest BCUT2D eigenvalue weighted by atomic mass is 10.1. The number of hydrogen-bond acceptors (Lipinski definition) is 3. The number of nitrogens with zero attached hydrogens (tertiary/aromatic N) is 1. The van der Waals surface area contributed by atoms with Crippen molar-refractivity contribution in [3.05, 3.63) is 30.4 Å². The molecule has 0 radical (unpaired) electrons. The monoisotopic (exact) mass is 419 g/mol. The van der Waals surface area contributed by atoms with Gasteiger partial charge >= 0.3 is 5.97 Å². The first-order valence-corrected chi connectivity index (χ1v) is 11.8. The summed E-state index contributed by atoms with van der Waals surface area (Å²) in [4.78, 5) is 30.1. The molecule has 0 aliphatic heterocycles. The Kier molecular flexibility index (Phi) is 15.3. The molecule has 1 heterocycles. The quantitative estimate of drug-likeness (QED) is 0.202. The van der Waals surface area contributed by atoms with Gasteiger partial charge in [0.15, 0.2) is 0 Å². The summed E-state index contributed by atoms with van der Waals surface area (Å²) < 4.78 is 0. The van der Waals surface area contributed by atoms with Crippen LogP contribution < -0.4 is 5.32 Å². The van der Waals surface area contributed by atoms with Gasteiger partial charge in [0.25, 0.3) is 0 Å². The summed E-state index contributed by atoms with van der Waals surface area (Å²) in [5.74, 6) is -1.22. The molecule has 0 bridgehead atoms. The minimum Gasteiger partial charge on any atom is -0.480 e. The van der Waals surface area contributed by atoms with E-state index in [1.165, 1.54) is 64.1 Å². The van der Waals surface area contributed by atoms with Crippen molar-refractivity contribution in [3.63, 3.8) is 0 Å². The summed E-state index contributed by atoms with van der Waals surface area (Å²) in [6, 6.07) is -0.916. The largest absolute Gasteiger partial charge is 0.480 e. The molecule has 30 heavy (non-hydrogen) atoms. The van der Waals surface area contributed by atoms with Crippen molar-refractivity contribution in [3.8, 4) is 0 Å². The number of imidazole rings is 1. The van der Waals surface area contributed by atoms with Gasteiger partial charge in [-0.3, -0.25) is 4.79 Å². The van der Waals surface area contributed by atoms with Gasteiger partial charge in [-0.25, -0.2) is 9.78 Å². The molecular weight excluding hydrogens is 378 g/mol. The summed E-state index contributed by atoms with van der Waals surface area (Å²) in [5, 5.41) is 11.9. The number of hydrogen-bond donors (Lipinski definition) is 3. The lowest BCUT2D eigenvalue weighted by Crippen LogP contribution is -2.42. The third kappa shape index (κ3) is 14.0. The summed E-state index contributed by atoms with van der Waals surface area (Å²) in [6.45, 7) is 2.25. The number of carbonyl (C=O) groups is 2. The Morgan fingerprint density at radius 1 is 1.00 bits per heavy atom. The molecule has 0 aliphatic carbocycles. The molecule has 0 fully saturated rings. The molecule has 1 rings (SSSR count). The predicted octanol–water partition coefficient (Wildman–Crippen LogP) is 5.56. The van der Waals surface area contributed by atoms with Crippen LogP contribution in [0.1, 0.15) is 103 Å². The Labute approximate surface area is 182 Å². The van der Waals surface area contributed by atoms with Crippen molar-refractivity contribution in [2.24, 2.45) is 0 Å². The van der Waals surface area contributed by atoms with Crippen molar-refractivity contribution in [2.45, 2.75) is 109 Å². The van der Waals surface area contributed by atoms with Crippen molar-refractivity contribution in [1.29, 1.82) is 0 Å². The second-order valence-corrected chi connectivity index (χ2v) is 8.07. The number of rotatable bonds is 19. The van der Waals surface area contributed by atoms with E-state index < -0.39 is 12.0 Å². The van der Waals surface area contributed by atoms with Gasteiger partial charge in [0.1, 0.15) is 6.04 Å². The number of unbranched alkanes of at least 4 members (excludes halogenated alkanes) is 11. The molecule has 0 saturated heterocycles. The summed E-state index contributed by atoms with van der Waals surface area (Å²) >= 11 is 0. The van der Waals surface area contributed by atoms with E-state index in [-0.39, 0.29) is 12.3 Å². The maximum Gasteiger partial charge on any atom is 0.326 e. The fourth-order valence-corrected chi connectivity index (χ4v) is 3.44. The zero-order valence-corrected chi connectivity index (χ0v) is 18.7. The molecule has 170 valence electrons. The molecule has 1 amide bonds. The number of carboxylic acid groups (broad SMARTS) is 1. The van der Waals surface area contributed by atoms with Crippen LogP contribution in [0.25, 0.3) is 0 Å². The normalized spacial score (nSPS) is 12.3. The molecule has 6 nitrogen and oxygen atoms in total. The lowest BCUT2D eigenvalue weighted by molar-refractivity contribution is -0.141. The fourth-order valence-electron chi connectivity index (χ4n) is 3.44. The van der Waals surface area contributed by atoms with E-state index in [0.717, 1.165) is 25.7 Å². The number of aliphatic carboxylic acids is 1. The molecule has 0 aromatic carbocycles. The second-order valence-electron chi connectivity index (χ2n) is 8.07. The van der Waals surface area contributed by atoms with Crippen molar-refractivity contribution < 1.29 is 14.7 Å². The summed E-state index contributed by atoms with van der Waals surface area (Å²) in [6.07, 6.45) is 24.1. The van der Waals surface area contributed by atoms with Crippen LogP contribution in [0.3, 0.4) is 0 Å². The van der Waals surface area contributed by atoms with Crippen LogP contribution in [0.5, 0.6) is 0 Å². The van der Waals surface area contributed by atoms with E-state index in [9.17, 15) is 14.7 Å². The lowest BCUT2D eigenvalue weighted by Gasteiger charge is -2.13. The summed E-state index contributed by atoms with van der Waals surface area (Å²) in [7, 11) is 0. The molecule has 1 aromatic rings. The molecule has 0 spiro atoms. The third-order valence-electron chi connectivity index (χ3n) is 5.28. The van der Waals surface area contributed by atoms with E-state index in [0.29, 0.717) is 12.1 Å². The Bertz CT molecular complexity index is 585. The number of aromatic nitrogens is 2. The number of H-pyrrole nitrogens is 1. The van der Waals surface area contributed by atoms with Crippen LogP contribution in [0.4, 0.5) is 0 Å². The Balaban J connectivity index is 1.96. The first-order valence-electron chi connectivity index (χ1n) is 11.8. The maximum absolute atomic E-state index is 12.0. The number of carboxylic acids is 1. The molecular formula is C24H41N3O3. The highest BCUT2D eigenvalue weighted by Crippen LogP contribution is 2.10. The van der Waals surface area contributed by atoms with E-state index in [4.69, 9.17) is 0 Å². The first kappa shape index (κ1) is 25.9. The number of nitrogens with one attached hydrogen (secondary N) is 2. The highest BCUT2D eigenvalue weighted by molar-refractivity contribution is 5.83. The van der Waals surface area contributed by atoms with E-state index in [2.05, 4.69) is 34.4 Å². The van der Waals surface area contributed by atoms with E-state index >= 15 is 0 Å². The molecule has 3 N–H and O–H groups in total. The summed E-state index contributed by atoms with van der Waals surface area (Å²) in [5.41, 5.74) is 0.698. The molecule has 6 heteroatoms. The average Bonchev–Trinajstić information content (AvgIpc) is 3.23. The van der Waals surface area contributed by atoms with Gasteiger partial charge in [-0.2, -0.15) is 0 Å². The number of carbonyl (C=O) groups excluding carboxylic acids is 1. The minimum atomic E-state index is -1.03. The zero-order valence-electron chi connectivity index (χ0n) is 18.7. The van der Waals surface area contributed by atoms with Crippen LogP contribution in [0.2, 0.25) is 0 Å². The van der Waals surface area contributed by atoms with E-state index in [1.807, 2.05) is 0 Å². The Hall–Kier alpha value is -2.11. The van der Waals surface area contributed by atoms with Gasteiger partial charge in [-0.1, -0.05) is 70.4 Å². The van der Waals surface area contributed by atoms with Gasteiger partial charge in [0.05, 0.1) is 6.33 Å². The van der Waals surface area contributed by atoms with Crippen LogP contribution in [-0.2, 0) is 16.0 Å².